The molecular weight excluding hydrogens is 248 g/mol. The van der Waals surface area contributed by atoms with Crippen LogP contribution >= 0.6 is 0 Å². The van der Waals surface area contributed by atoms with Gasteiger partial charge in [0.05, 0.1) is 6.04 Å². The number of hydrogen-bond donors (Lipinski definition) is 1. The van der Waals surface area contributed by atoms with Crippen LogP contribution in [0.25, 0.3) is 0 Å². The molecule has 0 aliphatic rings. The number of nitrogens with zero attached hydrogens (tertiary/aromatic N) is 1. The highest BCUT2D eigenvalue weighted by atomic mass is 19.1. The highest BCUT2D eigenvalue weighted by molar-refractivity contribution is 5.48. The summed E-state index contributed by atoms with van der Waals surface area (Å²) in [5.74, 6) is -0.861. The Morgan fingerprint density at radius 1 is 1.05 bits per heavy atom. The van der Waals surface area contributed by atoms with Gasteiger partial charge in [0.15, 0.2) is 0 Å². The minimum absolute atomic E-state index is 0.0992. The van der Waals surface area contributed by atoms with Crippen LogP contribution in [-0.4, -0.2) is 12.2 Å². The molecule has 0 heterocycles. The van der Waals surface area contributed by atoms with Gasteiger partial charge in [0, 0.05) is 24.4 Å². The second kappa shape index (κ2) is 5.26. The number of hydrogen-bond acceptors (Lipinski definition) is 2. The van der Waals surface area contributed by atoms with Gasteiger partial charge in [-0.1, -0.05) is 6.07 Å². The van der Waals surface area contributed by atoms with Crippen molar-refractivity contribution in [1.29, 1.82) is 0 Å². The molecule has 0 aliphatic heterocycles. The smallest absolute Gasteiger partial charge is 0.132 e. The lowest BCUT2D eigenvalue weighted by Crippen LogP contribution is -2.22. The lowest BCUT2D eigenvalue weighted by Gasteiger charge is -2.27. The normalized spacial score (nSPS) is 12.2. The van der Waals surface area contributed by atoms with E-state index in [-0.39, 0.29) is 17.6 Å². The second-order valence-electron chi connectivity index (χ2n) is 4.47. The lowest BCUT2D eigenvalue weighted by molar-refractivity contribution is 0.466. The molecule has 1 unspecified atom stereocenters. The molecule has 0 aromatic heterocycles. The summed E-state index contributed by atoms with van der Waals surface area (Å²) in [5, 5.41) is 9.21. The quantitative estimate of drug-likeness (QED) is 0.908. The summed E-state index contributed by atoms with van der Waals surface area (Å²) in [6, 6.07) is 9.88. The molecule has 0 spiro atoms. The van der Waals surface area contributed by atoms with E-state index < -0.39 is 5.82 Å². The number of halogens is 2. The Balaban J connectivity index is 2.27. The molecule has 0 aliphatic carbocycles. The number of phenolic OH excluding ortho intramolecular Hbond substituents is 1. The Kier molecular flexibility index (Phi) is 3.69. The molecule has 4 heteroatoms. The van der Waals surface area contributed by atoms with E-state index in [1.807, 2.05) is 18.9 Å². The van der Waals surface area contributed by atoms with Crippen LogP contribution < -0.4 is 4.90 Å². The van der Waals surface area contributed by atoms with Crippen LogP contribution in [0.1, 0.15) is 18.5 Å². The third kappa shape index (κ3) is 2.84. The van der Waals surface area contributed by atoms with Crippen molar-refractivity contribution in [2.75, 3.05) is 11.9 Å². The molecule has 2 aromatic carbocycles. The minimum atomic E-state index is -0.457. The van der Waals surface area contributed by atoms with Crippen LogP contribution in [0.2, 0.25) is 0 Å². The van der Waals surface area contributed by atoms with E-state index in [0.717, 1.165) is 11.8 Å². The van der Waals surface area contributed by atoms with E-state index in [9.17, 15) is 13.9 Å². The van der Waals surface area contributed by atoms with Crippen molar-refractivity contribution < 1.29 is 13.9 Å². The molecule has 2 rings (SSSR count). The van der Waals surface area contributed by atoms with Gasteiger partial charge in [0.2, 0.25) is 0 Å². The Labute approximate surface area is 110 Å². The number of rotatable bonds is 3. The average Bonchev–Trinajstić information content (AvgIpc) is 2.38. The first-order chi connectivity index (χ1) is 8.99. The molecular formula is C15H15F2NO. The van der Waals surface area contributed by atoms with Crippen molar-refractivity contribution in [3.05, 3.63) is 59.7 Å². The van der Waals surface area contributed by atoms with Crippen LogP contribution in [-0.2, 0) is 0 Å². The highest BCUT2D eigenvalue weighted by Gasteiger charge is 2.16. The van der Waals surface area contributed by atoms with Crippen LogP contribution in [0, 0.1) is 11.6 Å². The van der Waals surface area contributed by atoms with Crippen LogP contribution in [0.4, 0.5) is 14.5 Å². The lowest BCUT2D eigenvalue weighted by atomic mass is 10.1. The van der Waals surface area contributed by atoms with Crippen molar-refractivity contribution in [3.8, 4) is 5.75 Å². The molecule has 19 heavy (non-hydrogen) atoms. The maximum Gasteiger partial charge on any atom is 0.132 e. The standard InChI is InChI=1S/C15H15F2NO/c1-10(14-8-7-13(19)9-15(14)17)18(2)12-5-3-11(16)4-6-12/h3-10,19H,1-2H3. The Bertz CT molecular complexity index is 569. The van der Waals surface area contributed by atoms with Crippen molar-refractivity contribution in [1.82, 2.24) is 0 Å². The molecule has 0 bridgehead atoms. The van der Waals surface area contributed by atoms with Crippen LogP contribution in [0.3, 0.4) is 0 Å². The van der Waals surface area contributed by atoms with E-state index >= 15 is 0 Å². The molecule has 0 radical (unpaired) electrons. The van der Waals surface area contributed by atoms with Gasteiger partial charge in [-0.3, -0.25) is 0 Å². The third-order valence-corrected chi connectivity index (χ3v) is 3.25. The average molecular weight is 263 g/mol. The van der Waals surface area contributed by atoms with Gasteiger partial charge in [0.25, 0.3) is 0 Å². The zero-order valence-corrected chi connectivity index (χ0v) is 10.8. The van der Waals surface area contributed by atoms with Gasteiger partial charge in [-0.05, 0) is 37.3 Å². The molecule has 2 nitrogen and oxygen atoms in total. The molecule has 0 saturated carbocycles. The van der Waals surface area contributed by atoms with E-state index in [2.05, 4.69) is 0 Å². The summed E-state index contributed by atoms with van der Waals surface area (Å²) in [6.45, 7) is 1.85. The molecule has 0 fully saturated rings. The third-order valence-electron chi connectivity index (χ3n) is 3.25. The Morgan fingerprint density at radius 2 is 1.68 bits per heavy atom. The van der Waals surface area contributed by atoms with Crippen LogP contribution in [0.5, 0.6) is 5.75 Å². The first kappa shape index (κ1) is 13.3. The van der Waals surface area contributed by atoms with Crippen molar-refractivity contribution in [2.24, 2.45) is 0 Å². The molecule has 0 saturated heterocycles. The van der Waals surface area contributed by atoms with Crippen LogP contribution in [0.15, 0.2) is 42.5 Å². The fourth-order valence-corrected chi connectivity index (χ4v) is 1.96. The molecule has 0 amide bonds. The van der Waals surface area contributed by atoms with E-state index in [4.69, 9.17) is 0 Å². The molecule has 100 valence electrons. The summed E-state index contributed by atoms with van der Waals surface area (Å²) >= 11 is 0. The second-order valence-corrected chi connectivity index (χ2v) is 4.47. The summed E-state index contributed by atoms with van der Waals surface area (Å²) in [4.78, 5) is 1.84. The number of aromatic hydroxyl groups is 1. The Hall–Kier alpha value is -2.10. The summed E-state index contributed by atoms with van der Waals surface area (Å²) in [5.41, 5.74) is 1.27. The number of benzene rings is 2. The Morgan fingerprint density at radius 3 is 2.26 bits per heavy atom. The van der Waals surface area contributed by atoms with Gasteiger partial charge in [-0.25, -0.2) is 8.78 Å². The van der Waals surface area contributed by atoms with Crippen molar-refractivity contribution >= 4 is 5.69 Å². The topological polar surface area (TPSA) is 23.5 Å². The molecule has 2 aromatic rings. The first-order valence-corrected chi connectivity index (χ1v) is 5.96. The first-order valence-electron chi connectivity index (χ1n) is 5.96. The van der Waals surface area contributed by atoms with Gasteiger partial charge in [-0.15, -0.1) is 0 Å². The summed E-state index contributed by atoms with van der Waals surface area (Å²) < 4.78 is 26.7. The van der Waals surface area contributed by atoms with Crippen molar-refractivity contribution in [2.45, 2.75) is 13.0 Å². The zero-order valence-electron chi connectivity index (χ0n) is 10.8. The molecule has 1 atom stereocenters. The number of phenols is 1. The largest absolute Gasteiger partial charge is 0.508 e. The monoisotopic (exact) mass is 263 g/mol. The number of anilines is 1. The van der Waals surface area contributed by atoms with Gasteiger partial charge in [0.1, 0.15) is 17.4 Å². The van der Waals surface area contributed by atoms with E-state index in [1.54, 1.807) is 18.2 Å². The van der Waals surface area contributed by atoms with Gasteiger partial charge >= 0.3 is 0 Å². The maximum absolute atomic E-state index is 13.8. The zero-order chi connectivity index (χ0) is 14.0. The van der Waals surface area contributed by atoms with Gasteiger partial charge in [-0.2, -0.15) is 0 Å². The summed E-state index contributed by atoms with van der Waals surface area (Å²) in [6.07, 6.45) is 0. The van der Waals surface area contributed by atoms with Crippen molar-refractivity contribution in [3.63, 3.8) is 0 Å². The highest BCUT2D eigenvalue weighted by Crippen LogP contribution is 2.28. The SMILES string of the molecule is CC(c1ccc(O)cc1F)N(C)c1ccc(F)cc1. The fraction of sp³-hybridized carbons (Fsp3) is 0.200. The van der Waals surface area contributed by atoms with Gasteiger partial charge < -0.3 is 10.0 Å². The maximum atomic E-state index is 13.8. The predicted octanol–water partition coefficient (Wildman–Crippen LogP) is 3.87. The fourth-order valence-electron chi connectivity index (χ4n) is 1.96. The van der Waals surface area contributed by atoms with E-state index in [0.29, 0.717) is 5.56 Å². The molecule has 1 N–H and O–H groups in total. The van der Waals surface area contributed by atoms with E-state index in [1.165, 1.54) is 18.2 Å². The predicted molar refractivity (Wildman–Crippen MR) is 71.3 cm³/mol. The minimum Gasteiger partial charge on any atom is -0.508 e. The summed E-state index contributed by atoms with van der Waals surface area (Å²) in [7, 11) is 1.81.